The summed E-state index contributed by atoms with van der Waals surface area (Å²) < 4.78 is 40.2. The third-order valence-corrected chi connectivity index (χ3v) is 5.07. The standard InChI is InChI=1S/C20H17ClF3N3O/c21-17-4-2-1-3-15(17)12-19(28)27-9-7-26(8-10-27)18-6-5-14(13-25)11-16(18)20(22,23)24/h1-6,11H,7-10,12H2. The second-order valence-corrected chi connectivity index (χ2v) is 6.88. The Morgan fingerprint density at radius 1 is 1.11 bits per heavy atom. The first-order chi connectivity index (χ1) is 13.3. The third-order valence-electron chi connectivity index (χ3n) is 4.70. The zero-order chi connectivity index (χ0) is 20.3. The molecule has 1 saturated heterocycles. The van der Waals surface area contributed by atoms with Crippen LogP contribution in [0.2, 0.25) is 5.02 Å². The van der Waals surface area contributed by atoms with E-state index in [9.17, 15) is 18.0 Å². The van der Waals surface area contributed by atoms with Crippen LogP contribution in [0.3, 0.4) is 0 Å². The van der Waals surface area contributed by atoms with Crippen LogP contribution in [-0.4, -0.2) is 37.0 Å². The molecule has 0 saturated carbocycles. The number of carbonyl (C=O) groups is 1. The van der Waals surface area contributed by atoms with E-state index in [-0.39, 0.29) is 36.7 Å². The summed E-state index contributed by atoms with van der Waals surface area (Å²) in [5, 5.41) is 9.40. The van der Waals surface area contributed by atoms with Gasteiger partial charge in [0.2, 0.25) is 5.91 Å². The first-order valence-electron chi connectivity index (χ1n) is 8.67. The molecule has 0 spiro atoms. The van der Waals surface area contributed by atoms with E-state index in [0.717, 1.165) is 11.6 Å². The van der Waals surface area contributed by atoms with Gasteiger partial charge in [-0.25, -0.2) is 0 Å². The first kappa shape index (κ1) is 20.0. The summed E-state index contributed by atoms with van der Waals surface area (Å²) in [5.41, 5.74) is -0.111. The fourth-order valence-corrected chi connectivity index (χ4v) is 3.42. The van der Waals surface area contributed by atoms with Crippen LogP contribution in [0.25, 0.3) is 0 Å². The summed E-state index contributed by atoms with van der Waals surface area (Å²) in [4.78, 5) is 15.7. The van der Waals surface area contributed by atoms with Gasteiger partial charge in [0.1, 0.15) is 0 Å². The monoisotopic (exact) mass is 407 g/mol. The quantitative estimate of drug-likeness (QED) is 0.769. The van der Waals surface area contributed by atoms with Crippen LogP contribution in [0.5, 0.6) is 0 Å². The Bertz CT molecular complexity index is 916. The average Bonchev–Trinajstić information content (AvgIpc) is 2.68. The Labute approximate surface area is 165 Å². The van der Waals surface area contributed by atoms with Gasteiger partial charge in [-0.1, -0.05) is 29.8 Å². The predicted octanol–water partition coefficient (Wildman–Crippen LogP) is 4.12. The van der Waals surface area contributed by atoms with Crippen LogP contribution in [0, 0.1) is 11.3 Å². The summed E-state index contributed by atoms with van der Waals surface area (Å²) in [6, 6.07) is 12.4. The van der Waals surface area contributed by atoms with E-state index in [1.807, 2.05) is 0 Å². The van der Waals surface area contributed by atoms with Crippen LogP contribution in [0.1, 0.15) is 16.7 Å². The van der Waals surface area contributed by atoms with Crippen LogP contribution in [0.4, 0.5) is 18.9 Å². The average molecular weight is 408 g/mol. The summed E-state index contributed by atoms with van der Waals surface area (Å²) in [6.07, 6.45) is -4.40. The zero-order valence-electron chi connectivity index (χ0n) is 14.8. The number of carbonyl (C=O) groups excluding carboxylic acids is 1. The molecule has 8 heteroatoms. The maximum atomic E-state index is 13.4. The van der Waals surface area contributed by atoms with Crippen molar-refractivity contribution < 1.29 is 18.0 Å². The molecule has 3 rings (SSSR count). The van der Waals surface area contributed by atoms with E-state index in [0.29, 0.717) is 18.1 Å². The fourth-order valence-electron chi connectivity index (χ4n) is 3.22. The van der Waals surface area contributed by atoms with Crippen molar-refractivity contribution in [2.75, 3.05) is 31.1 Å². The van der Waals surface area contributed by atoms with Crippen molar-refractivity contribution in [3.05, 3.63) is 64.2 Å². The molecule has 1 amide bonds. The van der Waals surface area contributed by atoms with Gasteiger partial charge in [0.25, 0.3) is 0 Å². The normalized spacial score (nSPS) is 14.7. The van der Waals surface area contributed by atoms with Crippen molar-refractivity contribution in [1.82, 2.24) is 4.90 Å². The number of amides is 1. The third kappa shape index (κ3) is 4.39. The van der Waals surface area contributed by atoms with Crippen molar-refractivity contribution in [2.24, 2.45) is 0 Å². The molecule has 1 aliphatic rings. The minimum absolute atomic E-state index is 0.0321. The number of benzene rings is 2. The largest absolute Gasteiger partial charge is 0.418 e. The molecule has 28 heavy (non-hydrogen) atoms. The smallest absolute Gasteiger partial charge is 0.367 e. The number of nitrogens with zero attached hydrogens (tertiary/aromatic N) is 3. The highest BCUT2D eigenvalue weighted by atomic mass is 35.5. The van der Waals surface area contributed by atoms with Gasteiger partial charge in [-0.3, -0.25) is 4.79 Å². The van der Waals surface area contributed by atoms with Gasteiger partial charge < -0.3 is 9.80 Å². The molecule has 4 nitrogen and oxygen atoms in total. The molecule has 0 atom stereocenters. The van der Waals surface area contributed by atoms with E-state index in [4.69, 9.17) is 16.9 Å². The van der Waals surface area contributed by atoms with Crippen molar-refractivity contribution in [2.45, 2.75) is 12.6 Å². The van der Waals surface area contributed by atoms with Crippen LogP contribution in [-0.2, 0) is 17.4 Å². The van der Waals surface area contributed by atoms with Crippen molar-refractivity contribution in [3.8, 4) is 6.07 Å². The zero-order valence-corrected chi connectivity index (χ0v) is 15.6. The minimum Gasteiger partial charge on any atom is -0.367 e. The Morgan fingerprint density at radius 2 is 1.79 bits per heavy atom. The van der Waals surface area contributed by atoms with Crippen LogP contribution < -0.4 is 4.90 Å². The molecule has 146 valence electrons. The topological polar surface area (TPSA) is 47.3 Å². The Morgan fingerprint density at radius 3 is 2.39 bits per heavy atom. The Hall–Kier alpha value is -2.72. The van der Waals surface area contributed by atoms with Gasteiger partial charge in [0.05, 0.1) is 23.6 Å². The number of anilines is 1. The number of piperazine rings is 1. The molecule has 0 aliphatic carbocycles. The highest BCUT2D eigenvalue weighted by Crippen LogP contribution is 2.37. The molecule has 0 unspecified atom stereocenters. The lowest BCUT2D eigenvalue weighted by Gasteiger charge is -2.37. The molecule has 0 aromatic heterocycles. The maximum absolute atomic E-state index is 13.4. The Kier molecular flexibility index (Phi) is 5.80. The number of alkyl halides is 3. The molecular weight excluding hydrogens is 391 g/mol. The van der Waals surface area contributed by atoms with Gasteiger partial charge in [-0.15, -0.1) is 0 Å². The van der Waals surface area contributed by atoms with Crippen molar-refractivity contribution >= 4 is 23.2 Å². The van der Waals surface area contributed by atoms with E-state index in [2.05, 4.69) is 0 Å². The van der Waals surface area contributed by atoms with Gasteiger partial charge >= 0.3 is 6.18 Å². The van der Waals surface area contributed by atoms with Gasteiger partial charge in [0, 0.05) is 36.9 Å². The lowest BCUT2D eigenvalue weighted by Crippen LogP contribution is -2.49. The van der Waals surface area contributed by atoms with E-state index >= 15 is 0 Å². The van der Waals surface area contributed by atoms with E-state index in [1.54, 1.807) is 40.1 Å². The number of hydrogen-bond donors (Lipinski definition) is 0. The highest BCUT2D eigenvalue weighted by molar-refractivity contribution is 6.31. The maximum Gasteiger partial charge on any atom is 0.418 e. The second-order valence-electron chi connectivity index (χ2n) is 6.48. The van der Waals surface area contributed by atoms with Gasteiger partial charge in [-0.05, 0) is 29.8 Å². The molecule has 1 fully saturated rings. The summed E-state index contributed by atoms with van der Waals surface area (Å²) in [6.45, 7) is 1.20. The lowest BCUT2D eigenvalue weighted by molar-refractivity contribution is -0.137. The summed E-state index contributed by atoms with van der Waals surface area (Å²) in [5.74, 6) is -0.108. The molecular formula is C20H17ClF3N3O. The lowest BCUT2D eigenvalue weighted by atomic mass is 10.1. The molecule has 0 bridgehead atoms. The molecule has 0 radical (unpaired) electrons. The molecule has 2 aromatic rings. The number of nitriles is 1. The Balaban J connectivity index is 1.70. The van der Waals surface area contributed by atoms with E-state index < -0.39 is 11.7 Å². The number of rotatable bonds is 3. The van der Waals surface area contributed by atoms with E-state index in [1.165, 1.54) is 12.1 Å². The fraction of sp³-hybridized carbons (Fsp3) is 0.300. The molecule has 1 heterocycles. The summed E-state index contributed by atoms with van der Waals surface area (Å²) in [7, 11) is 0. The molecule has 2 aromatic carbocycles. The van der Waals surface area contributed by atoms with Crippen molar-refractivity contribution in [1.29, 1.82) is 5.26 Å². The highest BCUT2D eigenvalue weighted by Gasteiger charge is 2.36. The van der Waals surface area contributed by atoms with Gasteiger partial charge in [-0.2, -0.15) is 18.4 Å². The molecule has 0 N–H and O–H groups in total. The minimum atomic E-state index is -4.56. The first-order valence-corrected chi connectivity index (χ1v) is 9.05. The van der Waals surface area contributed by atoms with Gasteiger partial charge in [0.15, 0.2) is 0 Å². The van der Waals surface area contributed by atoms with Crippen LogP contribution >= 0.6 is 11.6 Å². The van der Waals surface area contributed by atoms with Crippen molar-refractivity contribution in [3.63, 3.8) is 0 Å². The second kappa shape index (κ2) is 8.11. The molecule has 1 aliphatic heterocycles. The SMILES string of the molecule is N#Cc1ccc(N2CCN(C(=O)Cc3ccccc3Cl)CC2)c(C(F)(F)F)c1. The summed E-state index contributed by atoms with van der Waals surface area (Å²) >= 11 is 6.09. The number of halogens is 4. The van der Waals surface area contributed by atoms with Crippen LogP contribution in [0.15, 0.2) is 42.5 Å². The predicted molar refractivity (Wildman–Crippen MR) is 100 cm³/mol. The number of hydrogen-bond acceptors (Lipinski definition) is 3.